The van der Waals surface area contributed by atoms with Crippen LogP contribution in [0.3, 0.4) is 0 Å². The third-order valence-electron chi connectivity index (χ3n) is 9.17. The van der Waals surface area contributed by atoms with Crippen molar-refractivity contribution < 1.29 is 14.3 Å². The van der Waals surface area contributed by atoms with Crippen LogP contribution in [0.2, 0.25) is 0 Å². The Morgan fingerprint density at radius 2 is 2.02 bits per heavy atom. The number of carbonyl (C=O) groups excluding carboxylic acids is 1. The van der Waals surface area contributed by atoms with Crippen molar-refractivity contribution in [3.63, 3.8) is 0 Å². The number of piperidine rings is 1. The van der Waals surface area contributed by atoms with Crippen LogP contribution < -0.4 is 15.1 Å². The summed E-state index contributed by atoms with van der Waals surface area (Å²) in [6, 6.07) is 10.2. The molecule has 3 aliphatic rings. The van der Waals surface area contributed by atoms with Crippen LogP contribution in [-0.2, 0) is 15.9 Å². The van der Waals surface area contributed by atoms with E-state index < -0.39 is 5.60 Å². The molecule has 3 aromatic rings. The second-order valence-corrected chi connectivity index (χ2v) is 13.2. The average molecular weight is 587 g/mol. The topological polar surface area (TPSA) is 121 Å². The summed E-state index contributed by atoms with van der Waals surface area (Å²) in [6.45, 7) is 9.77. The third kappa shape index (κ3) is 5.60. The second-order valence-electron chi connectivity index (χ2n) is 13.2. The van der Waals surface area contributed by atoms with Gasteiger partial charge in [0, 0.05) is 32.2 Å². The smallest absolute Gasteiger partial charge is 0.408 e. The van der Waals surface area contributed by atoms with Crippen LogP contribution in [0.5, 0.6) is 0 Å². The average Bonchev–Trinajstić information content (AvgIpc) is 3.51. The van der Waals surface area contributed by atoms with E-state index in [2.05, 4.69) is 34.5 Å². The van der Waals surface area contributed by atoms with E-state index in [0.717, 1.165) is 57.4 Å². The lowest BCUT2D eigenvalue weighted by Gasteiger charge is -2.43. The van der Waals surface area contributed by atoms with Crippen LogP contribution in [0.1, 0.15) is 83.2 Å². The first-order valence-electron chi connectivity index (χ1n) is 15.4. The number of rotatable bonds is 5. The Labute approximate surface area is 253 Å². The molecule has 3 atom stereocenters. The van der Waals surface area contributed by atoms with Crippen LogP contribution in [0.4, 0.5) is 16.4 Å². The maximum absolute atomic E-state index is 12.9. The predicted octanol–water partition coefficient (Wildman–Crippen LogP) is 5.28. The molecule has 1 N–H and O–H groups in total. The molecule has 0 radical (unpaired) electrons. The molecule has 1 spiro atoms. The Bertz CT molecular complexity index is 1530. The molecular formula is C32H42N8O3. The summed E-state index contributed by atoms with van der Waals surface area (Å²) in [7, 11) is 1.86. The van der Waals surface area contributed by atoms with Gasteiger partial charge in [0.05, 0.1) is 18.3 Å². The molecule has 11 heteroatoms. The van der Waals surface area contributed by atoms with Gasteiger partial charge in [-0.1, -0.05) is 24.3 Å². The molecule has 6 rings (SSSR count). The van der Waals surface area contributed by atoms with Gasteiger partial charge in [-0.3, -0.25) is 0 Å². The Morgan fingerprint density at radius 3 is 2.72 bits per heavy atom. The van der Waals surface area contributed by atoms with Crippen molar-refractivity contribution in [1.82, 2.24) is 25.1 Å². The van der Waals surface area contributed by atoms with Gasteiger partial charge in [0.15, 0.2) is 23.2 Å². The van der Waals surface area contributed by atoms with Crippen molar-refractivity contribution in [2.45, 2.75) is 90.1 Å². The number of alkyl carbamates (subject to hydrolysis) is 1. The molecule has 0 saturated carbocycles. The molecule has 0 bridgehead atoms. The number of nitriles is 1. The van der Waals surface area contributed by atoms with Crippen molar-refractivity contribution >= 4 is 28.9 Å². The highest BCUT2D eigenvalue weighted by Crippen LogP contribution is 2.52. The molecule has 1 aliphatic carbocycles. The van der Waals surface area contributed by atoms with E-state index in [0.29, 0.717) is 23.6 Å². The molecule has 2 saturated heterocycles. The highest BCUT2D eigenvalue weighted by molar-refractivity contribution is 5.85. The Morgan fingerprint density at radius 1 is 1.26 bits per heavy atom. The van der Waals surface area contributed by atoms with Crippen molar-refractivity contribution in [2.75, 3.05) is 36.5 Å². The van der Waals surface area contributed by atoms with E-state index in [1.165, 1.54) is 11.1 Å². The molecule has 11 nitrogen and oxygen atoms in total. The summed E-state index contributed by atoms with van der Waals surface area (Å²) >= 11 is 0. The van der Waals surface area contributed by atoms with Gasteiger partial charge in [0.1, 0.15) is 17.5 Å². The van der Waals surface area contributed by atoms with E-state index in [-0.39, 0.29) is 29.8 Å². The van der Waals surface area contributed by atoms with Gasteiger partial charge < -0.3 is 24.6 Å². The summed E-state index contributed by atoms with van der Waals surface area (Å²) in [4.78, 5) is 27.0. The minimum Gasteiger partial charge on any atom is -0.444 e. The van der Waals surface area contributed by atoms with E-state index in [9.17, 15) is 10.1 Å². The largest absolute Gasteiger partial charge is 0.444 e. The van der Waals surface area contributed by atoms with Crippen molar-refractivity contribution in [3.8, 4) is 6.07 Å². The lowest BCUT2D eigenvalue weighted by atomic mass is 9.72. The number of nitrogens with one attached hydrogen (secondary N) is 1. The van der Waals surface area contributed by atoms with Crippen molar-refractivity contribution in [1.29, 1.82) is 5.26 Å². The summed E-state index contributed by atoms with van der Waals surface area (Å²) in [6.07, 6.45) is 6.89. The van der Waals surface area contributed by atoms with Gasteiger partial charge in [-0.25, -0.2) is 19.4 Å². The maximum atomic E-state index is 12.9. The van der Waals surface area contributed by atoms with Gasteiger partial charge in [-0.05, 0) is 77.3 Å². The number of benzene rings is 1. The quantitative estimate of drug-likeness (QED) is 0.425. The second kappa shape index (κ2) is 11.3. The van der Waals surface area contributed by atoms with Crippen LogP contribution in [-0.4, -0.2) is 64.2 Å². The Kier molecular flexibility index (Phi) is 7.67. The van der Waals surface area contributed by atoms with Gasteiger partial charge in [-0.15, -0.1) is 5.10 Å². The van der Waals surface area contributed by atoms with Crippen molar-refractivity contribution in [2.24, 2.45) is 5.41 Å². The van der Waals surface area contributed by atoms with Crippen LogP contribution in [0.15, 0.2) is 30.5 Å². The molecule has 2 aliphatic heterocycles. The summed E-state index contributed by atoms with van der Waals surface area (Å²) < 4.78 is 13.6. The van der Waals surface area contributed by atoms with Crippen LogP contribution >= 0.6 is 0 Å². The zero-order valence-electron chi connectivity index (χ0n) is 25.8. The normalized spacial score (nSPS) is 22.2. The minimum atomic E-state index is -0.563. The summed E-state index contributed by atoms with van der Waals surface area (Å²) in [5.41, 5.74) is 3.15. The molecule has 1 aromatic carbocycles. The number of fused-ring (bicyclic) bond motifs is 2. The number of nitrogens with zero attached hydrogens (tertiary/aromatic N) is 7. The molecule has 1 unspecified atom stereocenters. The number of hydrogen-bond acceptors (Lipinski definition) is 9. The minimum absolute atomic E-state index is 0.102. The Hall–Kier alpha value is -3.91. The maximum Gasteiger partial charge on any atom is 0.408 e. The standard InChI is InChI=1S/C32H42N8O3/c1-21(19-33)38(5)29-26-28(40(37-29)25-12-8-9-17-42-25)35-24(20-34-26)39-15-13-32(14-16-39)18-22-10-6-7-11-23(22)27(32)36-30(41)43-31(2,3)4/h6-7,10-11,20-21,25,27H,8-9,12-18H2,1-5H3,(H,36,41)/t21-,25?,27+/m0/s1. The lowest BCUT2D eigenvalue weighted by Crippen LogP contribution is -2.48. The molecule has 2 aromatic heterocycles. The van der Waals surface area contributed by atoms with Crippen LogP contribution in [0, 0.1) is 16.7 Å². The van der Waals surface area contributed by atoms with E-state index in [4.69, 9.17) is 24.5 Å². The highest BCUT2D eigenvalue weighted by Gasteiger charge is 2.49. The lowest BCUT2D eigenvalue weighted by molar-refractivity contribution is -0.0369. The third-order valence-corrected chi connectivity index (χ3v) is 9.17. The fourth-order valence-electron chi connectivity index (χ4n) is 6.75. The highest BCUT2D eigenvalue weighted by atomic mass is 16.6. The van der Waals surface area contributed by atoms with Crippen molar-refractivity contribution in [3.05, 3.63) is 41.6 Å². The SMILES string of the molecule is C[C@@H](C#N)N(C)c1nn(C2CCCCO2)c2nc(N3CCC4(CC3)Cc3ccccc3[C@H]4NC(=O)OC(C)(C)C)cnc12. The number of aromatic nitrogens is 4. The fraction of sp³-hybridized carbons (Fsp3) is 0.594. The number of carbonyl (C=O) groups is 1. The van der Waals surface area contributed by atoms with Crippen LogP contribution in [0.25, 0.3) is 11.2 Å². The molecule has 2 fully saturated rings. The summed E-state index contributed by atoms with van der Waals surface area (Å²) in [5.74, 6) is 1.43. The zero-order valence-corrected chi connectivity index (χ0v) is 25.8. The first-order valence-corrected chi connectivity index (χ1v) is 15.4. The first-order chi connectivity index (χ1) is 20.6. The first kappa shape index (κ1) is 29.2. The zero-order chi connectivity index (χ0) is 30.4. The fourth-order valence-corrected chi connectivity index (χ4v) is 6.75. The molecule has 43 heavy (non-hydrogen) atoms. The Balaban J connectivity index is 1.27. The van der Waals surface area contributed by atoms with Gasteiger partial charge in [0.2, 0.25) is 0 Å². The van der Waals surface area contributed by atoms with Gasteiger partial charge in [0.25, 0.3) is 0 Å². The summed E-state index contributed by atoms with van der Waals surface area (Å²) in [5, 5.41) is 17.7. The van der Waals surface area contributed by atoms with E-state index in [1.54, 1.807) is 0 Å². The predicted molar refractivity (Wildman–Crippen MR) is 164 cm³/mol. The number of hydrogen-bond donors (Lipinski definition) is 1. The number of ether oxygens (including phenoxy) is 2. The molecule has 1 amide bonds. The van der Waals surface area contributed by atoms with Gasteiger partial charge in [-0.2, -0.15) is 5.26 Å². The van der Waals surface area contributed by atoms with E-state index in [1.807, 2.05) is 56.6 Å². The van der Waals surface area contributed by atoms with E-state index >= 15 is 0 Å². The molecular weight excluding hydrogens is 544 g/mol. The van der Waals surface area contributed by atoms with Gasteiger partial charge >= 0.3 is 6.09 Å². The molecule has 228 valence electrons. The number of amides is 1. The number of anilines is 2. The monoisotopic (exact) mass is 586 g/mol. The molecule has 4 heterocycles.